The van der Waals surface area contributed by atoms with Crippen molar-refractivity contribution in [3.05, 3.63) is 41.3 Å². The number of aromatic carboxylic acids is 1. The highest BCUT2D eigenvalue weighted by atomic mass is 32.1. The molecule has 106 valence electrons. The lowest BCUT2D eigenvalue weighted by Gasteiger charge is -2.04. The molecule has 3 aromatic rings. The number of aromatic nitrogens is 3. The Bertz CT molecular complexity index is 852. The second kappa shape index (κ2) is 4.98. The lowest BCUT2D eigenvalue weighted by Crippen LogP contribution is -2.13. The first-order valence-electron chi connectivity index (χ1n) is 6.00. The zero-order valence-corrected chi connectivity index (χ0v) is 11.7. The minimum Gasteiger partial charge on any atom is -0.478 e. The average Bonchev–Trinajstić information content (AvgIpc) is 3.04. The molecule has 0 spiro atoms. The standard InChI is InChI=1S/C13H10N4O3S/c1-6-10(13(19)20)12(21-17-6)16-11(18)7-2-3-8-9(4-7)15-5-14-8/h2-5H,1H3,(H,14,15)(H,16,18)(H,19,20). The molecule has 0 atom stereocenters. The topological polar surface area (TPSA) is 108 Å². The molecule has 3 rings (SSSR count). The van der Waals surface area contributed by atoms with E-state index >= 15 is 0 Å². The Labute approximate surface area is 122 Å². The number of rotatable bonds is 3. The molecule has 0 bridgehead atoms. The van der Waals surface area contributed by atoms with Gasteiger partial charge in [-0.3, -0.25) is 4.79 Å². The van der Waals surface area contributed by atoms with Gasteiger partial charge in [0.15, 0.2) is 0 Å². The van der Waals surface area contributed by atoms with Crippen molar-refractivity contribution in [2.75, 3.05) is 5.32 Å². The van der Waals surface area contributed by atoms with Gasteiger partial charge in [-0.2, -0.15) is 4.37 Å². The summed E-state index contributed by atoms with van der Waals surface area (Å²) in [5.74, 6) is -1.50. The maximum absolute atomic E-state index is 12.2. The number of hydrogen-bond acceptors (Lipinski definition) is 5. The van der Waals surface area contributed by atoms with E-state index < -0.39 is 11.9 Å². The molecule has 2 aromatic heterocycles. The predicted molar refractivity (Wildman–Crippen MR) is 77.9 cm³/mol. The Hall–Kier alpha value is -2.74. The second-order valence-electron chi connectivity index (χ2n) is 4.37. The summed E-state index contributed by atoms with van der Waals surface area (Å²) in [4.78, 5) is 30.4. The smallest absolute Gasteiger partial charge is 0.340 e. The summed E-state index contributed by atoms with van der Waals surface area (Å²) < 4.78 is 3.96. The van der Waals surface area contributed by atoms with Crippen molar-refractivity contribution in [1.29, 1.82) is 0 Å². The van der Waals surface area contributed by atoms with Crippen molar-refractivity contribution < 1.29 is 14.7 Å². The van der Waals surface area contributed by atoms with Crippen LogP contribution in [0, 0.1) is 6.92 Å². The predicted octanol–water partition coefficient (Wildman–Crippen LogP) is 2.28. The number of carbonyl (C=O) groups excluding carboxylic acids is 1. The van der Waals surface area contributed by atoms with Crippen LogP contribution in [0.25, 0.3) is 11.0 Å². The summed E-state index contributed by atoms with van der Waals surface area (Å²) in [6.07, 6.45) is 1.54. The van der Waals surface area contributed by atoms with Crippen LogP contribution in [-0.2, 0) is 0 Å². The minimum absolute atomic E-state index is 0.0240. The average molecular weight is 302 g/mol. The molecule has 7 nitrogen and oxygen atoms in total. The summed E-state index contributed by atoms with van der Waals surface area (Å²) in [6, 6.07) is 5.01. The highest BCUT2D eigenvalue weighted by Crippen LogP contribution is 2.25. The fourth-order valence-corrected chi connectivity index (χ4v) is 2.74. The lowest BCUT2D eigenvalue weighted by atomic mass is 10.2. The first-order valence-corrected chi connectivity index (χ1v) is 6.77. The van der Waals surface area contributed by atoms with Crippen LogP contribution in [-0.4, -0.2) is 31.3 Å². The number of carbonyl (C=O) groups is 2. The summed E-state index contributed by atoms with van der Waals surface area (Å²) >= 11 is 0.950. The number of imidazole rings is 1. The Morgan fingerprint density at radius 1 is 1.38 bits per heavy atom. The van der Waals surface area contributed by atoms with Crippen LogP contribution in [0.5, 0.6) is 0 Å². The number of hydrogen-bond donors (Lipinski definition) is 3. The largest absolute Gasteiger partial charge is 0.478 e. The fraction of sp³-hybridized carbons (Fsp3) is 0.0769. The number of carboxylic acids is 1. The molecule has 1 amide bonds. The number of nitrogens with one attached hydrogen (secondary N) is 2. The van der Waals surface area contributed by atoms with E-state index in [0.29, 0.717) is 11.3 Å². The Kier molecular flexibility index (Phi) is 3.15. The molecule has 0 aliphatic carbocycles. The molecular weight excluding hydrogens is 292 g/mol. The third-order valence-electron chi connectivity index (χ3n) is 2.99. The Morgan fingerprint density at radius 3 is 2.95 bits per heavy atom. The van der Waals surface area contributed by atoms with Gasteiger partial charge in [0.1, 0.15) is 10.6 Å². The van der Waals surface area contributed by atoms with Crippen LogP contribution in [0.2, 0.25) is 0 Å². The zero-order chi connectivity index (χ0) is 15.0. The highest BCUT2D eigenvalue weighted by Gasteiger charge is 2.19. The number of amides is 1. The minimum atomic E-state index is -1.11. The molecule has 0 saturated heterocycles. The van der Waals surface area contributed by atoms with Gasteiger partial charge in [-0.1, -0.05) is 0 Å². The molecule has 0 radical (unpaired) electrons. The number of aryl methyl sites for hydroxylation is 1. The summed E-state index contributed by atoms with van der Waals surface area (Å²) in [7, 11) is 0. The number of H-pyrrole nitrogens is 1. The quantitative estimate of drug-likeness (QED) is 0.688. The monoisotopic (exact) mass is 302 g/mol. The van der Waals surface area contributed by atoms with Crippen LogP contribution in [0.4, 0.5) is 5.00 Å². The molecule has 0 fully saturated rings. The second-order valence-corrected chi connectivity index (χ2v) is 5.14. The molecule has 2 heterocycles. The van der Waals surface area contributed by atoms with E-state index in [1.54, 1.807) is 31.5 Å². The summed E-state index contributed by atoms with van der Waals surface area (Å²) in [5, 5.41) is 12.0. The summed E-state index contributed by atoms with van der Waals surface area (Å²) in [5.41, 5.74) is 2.31. The summed E-state index contributed by atoms with van der Waals surface area (Å²) in [6.45, 7) is 1.59. The molecule has 0 saturated carbocycles. The first kappa shape index (κ1) is 13.3. The van der Waals surface area contributed by atoms with Crippen LogP contribution in [0.15, 0.2) is 24.5 Å². The Morgan fingerprint density at radius 2 is 2.19 bits per heavy atom. The van der Waals surface area contributed by atoms with E-state index in [1.165, 1.54) is 0 Å². The molecular formula is C13H10N4O3S. The van der Waals surface area contributed by atoms with Crippen molar-refractivity contribution in [2.24, 2.45) is 0 Å². The van der Waals surface area contributed by atoms with Crippen molar-refractivity contribution in [3.63, 3.8) is 0 Å². The number of benzene rings is 1. The van der Waals surface area contributed by atoms with E-state index in [1.807, 2.05) is 0 Å². The number of fused-ring (bicyclic) bond motifs is 1. The van der Waals surface area contributed by atoms with Gasteiger partial charge in [0.25, 0.3) is 5.91 Å². The van der Waals surface area contributed by atoms with Crippen molar-refractivity contribution in [2.45, 2.75) is 6.92 Å². The maximum atomic E-state index is 12.2. The number of anilines is 1. The van der Waals surface area contributed by atoms with Crippen molar-refractivity contribution in [1.82, 2.24) is 14.3 Å². The SMILES string of the molecule is Cc1nsc(NC(=O)c2ccc3nc[nH]c3c2)c1C(=O)O. The Balaban J connectivity index is 1.91. The van der Waals surface area contributed by atoms with E-state index in [4.69, 9.17) is 5.11 Å². The van der Waals surface area contributed by atoms with Crippen LogP contribution in [0.3, 0.4) is 0 Å². The third kappa shape index (κ3) is 2.36. The van der Waals surface area contributed by atoms with Gasteiger partial charge in [-0.15, -0.1) is 0 Å². The highest BCUT2D eigenvalue weighted by molar-refractivity contribution is 7.11. The van der Waals surface area contributed by atoms with Gasteiger partial charge in [-0.05, 0) is 36.7 Å². The van der Waals surface area contributed by atoms with Crippen LogP contribution >= 0.6 is 11.5 Å². The van der Waals surface area contributed by atoms with Crippen LogP contribution in [0.1, 0.15) is 26.4 Å². The molecule has 21 heavy (non-hydrogen) atoms. The van der Waals surface area contributed by atoms with E-state index in [0.717, 1.165) is 22.6 Å². The zero-order valence-electron chi connectivity index (χ0n) is 10.9. The van der Waals surface area contributed by atoms with Gasteiger partial charge in [0.05, 0.1) is 23.1 Å². The van der Waals surface area contributed by atoms with Gasteiger partial charge in [-0.25, -0.2) is 9.78 Å². The van der Waals surface area contributed by atoms with Gasteiger partial charge in [0, 0.05) is 5.56 Å². The van der Waals surface area contributed by atoms with E-state index in [2.05, 4.69) is 19.7 Å². The molecule has 3 N–H and O–H groups in total. The normalized spacial score (nSPS) is 10.7. The first-order chi connectivity index (χ1) is 10.1. The molecule has 0 unspecified atom stereocenters. The molecule has 0 aliphatic rings. The molecule has 1 aromatic carbocycles. The van der Waals surface area contributed by atoms with Gasteiger partial charge in [0.2, 0.25) is 0 Å². The van der Waals surface area contributed by atoms with Crippen molar-refractivity contribution >= 4 is 39.4 Å². The van der Waals surface area contributed by atoms with E-state index in [-0.39, 0.29) is 10.6 Å². The molecule has 8 heteroatoms. The van der Waals surface area contributed by atoms with Gasteiger partial charge >= 0.3 is 5.97 Å². The third-order valence-corrected chi connectivity index (χ3v) is 3.84. The number of nitrogens with zero attached hydrogens (tertiary/aromatic N) is 2. The maximum Gasteiger partial charge on any atom is 0.340 e. The number of aromatic amines is 1. The van der Waals surface area contributed by atoms with Gasteiger partial charge < -0.3 is 15.4 Å². The van der Waals surface area contributed by atoms with Crippen molar-refractivity contribution in [3.8, 4) is 0 Å². The molecule has 0 aliphatic heterocycles. The number of carboxylic acid groups (broad SMARTS) is 1. The van der Waals surface area contributed by atoms with E-state index in [9.17, 15) is 9.59 Å². The lowest BCUT2D eigenvalue weighted by molar-refractivity contribution is 0.0697. The fourth-order valence-electron chi connectivity index (χ4n) is 1.96. The van der Waals surface area contributed by atoms with Crippen LogP contribution < -0.4 is 5.32 Å².